The normalized spacial score (nSPS) is 10.6. The van der Waals surface area contributed by atoms with Crippen molar-refractivity contribution < 1.29 is 23.4 Å². The Kier molecular flexibility index (Phi) is 5.57. The van der Waals surface area contributed by atoms with Gasteiger partial charge in [0.25, 0.3) is 0 Å². The van der Waals surface area contributed by atoms with Gasteiger partial charge in [0, 0.05) is 11.6 Å². The number of benzene rings is 3. The Hall–Kier alpha value is -3.93. The quantitative estimate of drug-likeness (QED) is 0.423. The summed E-state index contributed by atoms with van der Waals surface area (Å²) in [6.45, 7) is 0.332. The molecule has 6 nitrogen and oxygen atoms in total. The van der Waals surface area contributed by atoms with Crippen molar-refractivity contribution in [3.63, 3.8) is 0 Å². The third kappa shape index (κ3) is 4.07. The molecule has 0 aliphatic rings. The van der Waals surface area contributed by atoms with E-state index in [1.165, 1.54) is 6.26 Å². The first kappa shape index (κ1) is 19.4. The smallest absolute Gasteiger partial charge is 0.235 e. The van der Waals surface area contributed by atoms with Crippen LogP contribution in [0.2, 0.25) is 0 Å². The molecule has 4 aromatic rings. The standard InChI is InChI=1S/C24H20O6/c1-26-17-7-9-18(10-8-17)30-23-15-29-22-13-19(11-12-20(22)24(23)25)28-14-16-5-3-4-6-21(16)27-2/h3-13,15H,14H2,1-2H3. The summed E-state index contributed by atoms with van der Waals surface area (Å²) in [6.07, 6.45) is 1.30. The van der Waals surface area contributed by atoms with Crippen LogP contribution in [0.25, 0.3) is 11.0 Å². The molecule has 152 valence electrons. The fraction of sp³-hybridized carbons (Fsp3) is 0.125. The van der Waals surface area contributed by atoms with Crippen molar-refractivity contribution in [2.45, 2.75) is 6.61 Å². The predicted molar refractivity (Wildman–Crippen MR) is 113 cm³/mol. The van der Waals surface area contributed by atoms with Crippen LogP contribution < -0.4 is 24.4 Å². The van der Waals surface area contributed by atoms with Crippen molar-refractivity contribution in [3.8, 4) is 28.7 Å². The van der Waals surface area contributed by atoms with Gasteiger partial charge in [-0.15, -0.1) is 0 Å². The summed E-state index contributed by atoms with van der Waals surface area (Å²) in [5.41, 5.74) is 1.08. The molecule has 30 heavy (non-hydrogen) atoms. The minimum Gasteiger partial charge on any atom is -0.497 e. The highest BCUT2D eigenvalue weighted by molar-refractivity contribution is 5.79. The van der Waals surface area contributed by atoms with Crippen molar-refractivity contribution in [2.24, 2.45) is 0 Å². The van der Waals surface area contributed by atoms with Crippen molar-refractivity contribution in [3.05, 3.63) is 88.8 Å². The summed E-state index contributed by atoms with van der Waals surface area (Å²) in [7, 11) is 3.21. The van der Waals surface area contributed by atoms with Crippen LogP contribution in [0.1, 0.15) is 5.56 Å². The molecule has 1 heterocycles. The Balaban J connectivity index is 1.54. The lowest BCUT2D eigenvalue weighted by Crippen LogP contribution is -2.05. The summed E-state index contributed by atoms with van der Waals surface area (Å²) in [6, 6.07) is 19.7. The van der Waals surface area contributed by atoms with Crippen molar-refractivity contribution in [1.29, 1.82) is 0 Å². The molecule has 0 amide bonds. The lowest BCUT2D eigenvalue weighted by molar-refractivity contribution is 0.296. The molecule has 0 saturated heterocycles. The number of hydrogen-bond acceptors (Lipinski definition) is 6. The first-order chi connectivity index (χ1) is 14.7. The molecule has 0 N–H and O–H groups in total. The number of para-hydroxylation sites is 1. The molecule has 0 radical (unpaired) electrons. The van der Waals surface area contributed by atoms with Crippen LogP contribution in [0.5, 0.6) is 28.7 Å². The topological polar surface area (TPSA) is 67.1 Å². The molecule has 6 heteroatoms. The molecular weight excluding hydrogens is 384 g/mol. The van der Waals surface area contributed by atoms with Gasteiger partial charge in [-0.1, -0.05) is 18.2 Å². The van der Waals surface area contributed by atoms with Gasteiger partial charge < -0.3 is 23.4 Å². The maximum Gasteiger partial charge on any atom is 0.235 e. The summed E-state index contributed by atoms with van der Waals surface area (Å²) in [4.78, 5) is 12.8. The van der Waals surface area contributed by atoms with E-state index in [-0.39, 0.29) is 11.2 Å². The van der Waals surface area contributed by atoms with Gasteiger partial charge in [-0.25, -0.2) is 0 Å². The second-order valence-corrected chi connectivity index (χ2v) is 6.47. The van der Waals surface area contributed by atoms with E-state index < -0.39 is 0 Å². The molecule has 0 saturated carbocycles. The highest BCUT2D eigenvalue weighted by Crippen LogP contribution is 2.26. The van der Waals surface area contributed by atoms with Gasteiger partial charge in [-0.05, 0) is 42.5 Å². The van der Waals surface area contributed by atoms with E-state index in [0.717, 1.165) is 11.3 Å². The van der Waals surface area contributed by atoms with Crippen LogP contribution >= 0.6 is 0 Å². The highest BCUT2D eigenvalue weighted by atomic mass is 16.5. The van der Waals surface area contributed by atoms with Gasteiger partial charge in [0.2, 0.25) is 11.2 Å². The zero-order chi connectivity index (χ0) is 20.9. The van der Waals surface area contributed by atoms with Crippen LogP contribution in [-0.2, 0) is 6.61 Å². The zero-order valence-electron chi connectivity index (χ0n) is 16.6. The second-order valence-electron chi connectivity index (χ2n) is 6.47. The van der Waals surface area contributed by atoms with Crippen LogP contribution in [0.3, 0.4) is 0 Å². The molecule has 0 bridgehead atoms. The van der Waals surface area contributed by atoms with Crippen molar-refractivity contribution in [2.75, 3.05) is 14.2 Å². The van der Waals surface area contributed by atoms with Crippen LogP contribution in [0.15, 0.2) is 82.2 Å². The number of rotatable bonds is 7. The summed E-state index contributed by atoms with van der Waals surface area (Å²) in [5, 5.41) is 0.408. The minimum absolute atomic E-state index is 0.107. The molecule has 3 aromatic carbocycles. The Morgan fingerprint density at radius 3 is 2.30 bits per heavy atom. The Bertz CT molecular complexity index is 1210. The van der Waals surface area contributed by atoms with Gasteiger partial charge in [0.1, 0.15) is 41.5 Å². The molecule has 0 aliphatic carbocycles. The maximum absolute atomic E-state index is 12.8. The van der Waals surface area contributed by atoms with E-state index in [1.54, 1.807) is 56.7 Å². The fourth-order valence-corrected chi connectivity index (χ4v) is 3.01. The van der Waals surface area contributed by atoms with Gasteiger partial charge in [0.15, 0.2) is 0 Å². The lowest BCUT2D eigenvalue weighted by atomic mass is 10.2. The number of hydrogen-bond donors (Lipinski definition) is 0. The van der Waals surface area contributed by atoms with Crippen LogP contribution in [0.4, 0.5) is 0 Å². The lowest BCUT2D eigenvalue weighted by Gasteiger charge is -2.11. The summed E-state index contributed by atoms with van der Waals surface area (Å²) < 4.78 is 27.6. The molecule has 0 atom stereocenters. The monoisotopic (exact) mass is 404 g/mol. The van der Waals surface area contributed by atoms with Crippen molar-refractivity contribution >= 4 is 11.0 Å². The molecule has 0 aliphatic heterocycles. The van der Waals surface area contributed by atoms with E-state index in [0.29, 0.717) is 34.8 Å². The van der Waals surface area contributed by atoms with Crippen LogP contribution in [0, 0.1) is 0 Å². The third-order valence-electron chi connectivity index (χ3n) is 4.59. The van der Waals surface area contributed by atoms with Crippen molar-refractivity contribution in [1.82, 2.24) is 0 Å². The third-order valence-corrected chi connectivity index (χ3v) is 4.59. The maximum atomic E-state index is 12.8. The van der Waals surface area contributed by atoms with Gasteiger partial charge in [-0.3, -0.25) is 4.79 Å². The zero-order valence-corrected chi connectivity index (χ0v) is 16.6. The molecule has 0 spiro atoms. The Morgan fingerprint density at radius 2 is 1.53 bits per heavy atom. The van der Waals surface area contributed by atoms with E-state index in [2.05, 4.69) is 0 Å². The van der Waals surface area contributed by atoms with E-state index in [1.807, 2.05) is 24.3 Å². The van der Waals surface area contributed by atoms with E-state index >= 15 is 0 Å². The second kappa shape index (κ2) is 8.61. The Morgan fingerprint density at radius 1 is 0.800 bits per heavy atom. The molecule has 4 rings (SSSR count). The van der Waals surface area contributed by atoms with Crippen LogP contribution in [-0.4, -0.2) is 14.2 Å². The van der Waals surface area contributed by atoms with Gasteiger partial charge in [-0.2, -0.15) is 0 Å². The predicted octanol–water partition coefficient (Wildman–Crippen LogP) is 5.18. The number of methoxy groups -OCH3 is 2. The van der Waals surface area contributed by atoms with Gasteiger partial charge >= 0.3 is 0 Å². The Labute approximate surface area is 173 Å². The van der Waals surface area contributed by atoms with Gasteiger partial charge in [0.05, 0.1) is 19.6 Å². The molecule has 1 aromatic heterocycles. The SMILES string of the molecule is COc1ccc(Oc2coc3cc(OCc4ccccc4OC)ccc3c2=O)cc1. The average Bonchev–Trinajstić information content (AvgIpc) is 2.80. The number of ether oxygens (including phenoxy) is 4. The first-order valence-corrected chi connectivity index (χ1v) is 9.30. The highest BCUT2D eigenvalue weighted by Gasteiger charge is 2.11. The van der Waals surface area contributed by atoms with E-state index in [9.17, 15) is 4.79 Å². The molecular formula is C24H20O6. The average molecular weight is 404 g/mol. The molecule has 0 unspecified atom stereocenters. The number of fused-ring (bicyclic) bond motifs is 1. The van der Waals surface area contributed by atoms with E-state index in [4.69, 9.17) is 23.4 Å². The first-order valence-electron chi connectivity index (χ1n) is 9.30. The minimum atomic E-state index is -0.261. The largest absolute Gasteiger partial charge is 0.497 e. The summed E-state index contributed by atoms with van der Waals surface area (Å²) in [5.74, 6) is 2.66. The summed E-state index contributed by atoms with van der Waals surface area (Å²) >= 11 is 0. The fourth-order valence-electron chi connectivity index (χ4n) is 3.01. The molecule has 0 fully saturated rings.